The highest BCUT2D eigenvalue weighted by Gasteiger charge is 2.17. The van der Waals surface area contributed by atoms with E-state index in [-0.39, 0.29) is 5.82 Å². The van der Waals surface area contributed by atoms with Gasteiger partial charge in [0.05, 0.1) is 11.8 Å². The SMILES string of the molecule is CCCN(CCC)c1c(F)cccc1C(C)O. The van der Waals surface area contributed by atoms with Crippen LogP contribution >= 0.6 is 0 Å². The van der Waals surface area contributed by atoms with Crippen molar-refractivity contribution in [2.24, 2.45) is 0 Å². The third-order valence-corrected chi connectivity index (χ3v) is 2.77. The molecule has 0 aromatic heterocycles. The van der Waals surface area contributed by atoms with E-state index in [1.165, 1.54) is 6.07 Å². The number of hydrogen-bond donors (Lipinski definition) is 1. The van der Waals surface area contributed by atoms with Crippen molar-refractivity contribution in [2.75, 3.05) is 18.0 Å². The van der Waals surface area contributed by atoms with Gasteiger partial charge in [0.25, 0.3) is 0 Å². The van der Waals surface area contributed by atoms with Gasteiger partial charge in [-0.3, -0.25) is 0 Å². The highest BCUT2D eigenvalue weighted by atomic mass is 19.1. The highest BCUT2D eigenvalue weighted by Crippen LogP contribution is 2.29. The number of para-hydroxylation sites is 1. The van der Waals surface area contributed by atoms with Crippen LogP contribution in [-0.4, -0.2) is 18.2 Å². The summed E-state index contributed by atoms with van der Waals surface area (Å²) in [5.74, 6) is -0.245. The van der Waals surface area contributed by atoms with Gasteiger partial charge in [0, 0.05) is 18.7 Å². The molecule has 0 saturated carbocycles. The van der Waals surface area contributed by atoms with Gasteiger partial charge in [0.1, 0.15) is 5.82 Å². The molecule has 2 nitrogen and oxygen atoms in total. The molecule has 0 amide bonds. The Hall–Kier alpha value is -1.09. The zero-order valence-corrected chi connectivity index (χ0v) is 10.9. The first-order valence-corrected chi connectivity index (χ1v) is 6.33. The van der Waals surface area contributed by atoms with Crippen molar-refractivity contribution in [3.05, 3.63) is 29.6 Å². The van der Waals surface area contributed by atoms with Crippen LogP contribution in [0, 0.1) is 5.82 Å². The van der Waals surface area contributed by atoms with Gasteiger partial charge < -0.3 is 10.0 Å². The van der Waals surface area contributed by atoms with Crippen molar-refractivity contribution in [3.8, 4) is 0 Å². The Morgan fingerprint density at radius 1 is 1.24 bits per heavy atom. The topological polar surface area (TPSA) is 23.5 Å². The quantitative estimate of drug-likeness (QED) is 0.821. The van der Waals surface area contributed by atoms with Crippen molar-refractivity contribution in [3.63, 3.8) is 0 Å². The second-order valence-electron chi connectivity index (χ2n) is 4.34. The summed E-state index contributed by atoms with van der Waals surface area (Å²) in [7, 11) is 0. The van der Waals surface area contributed by atoms with E-state index in [4.69, 9.17) is 0 Å². The number of halogens is 1. The molecule has 0 aliphatic rings. The average Bonchev–Trinajstić information content (AvgIpc) is 2.28. The van der Waals surface area contributed by atoms with Crippen LogP contribution in [0.15, 0.2) is 18.2 Å². The summed E-state index contributed by atoms with van der Waals surface area (Å²) in [4.78, 5) is 2.03. The lowest BCUT2D eigenvalue weighted by atomic mass is 10.1. The van der Waals surface area contributed by atoms with Crippen molar-refractivity contribution in [1.29, 1.82) is 0 Å². The molecule has 0 radical (unpaired) electrons. The van der Waals surface area contributed by atoms with Crippen molar-refractivity contribution in [2.45, 2.75) is 39.7 Å². The molecule has 1 unspecified atom stereocenters. The molecule has 0 saturated heterocycles. The Balaban J connectivity index is 3.14. The molecule has 1 aromatic rings. The van der Waals surface area contributed by atoms with Gasteiger partial charge in [-0.05, 0) is 25.8 Å². The molecule has 1 atom stereocenters. The summed E-state index contributed by atoms with van der Waals surface area (Å²) in [6.07, 6.45) is 1.29. The number of aliphatic hydroxyl groups is 1. The van der Waals surface area contributed by atoms with E-state index < -0.39 is 6.10 Å². The second kappa shape index (κ2) is 6.60. The Kier molecular flexibility index (Phi) is 5.42. The fourth-order valence-corrected chi connectivity index (χ4v) is 2.08. The molecule has 1 aromatic carbocycles. The third-order valence-electron chi connectivity index (χ3n) is 2.77. The summed E-state index contributed by atoms with van der Waals surface area (Å²) in [5.41, 5.74) is 1.23. The van der Waals surface area contributed by atoms with Gasteiger partial charge in [-0.2, -0.15) is 0 Å². The summed E-state index contributed by atoms with van der Waals surface area (Å²) in [6, 6.07) is 4.90. The normalized spacial score (nSPS) is 12.5. The van der Waals surface area contributed by atoms with Gasteiger partial charge in [-0.15, -0.1) is 0 Å². The molecular formula is C14H22FNO. The van der Waals surface area contributed by atoms with Gasteiger partial charge in [0.15, 0.2) is 0 Å². The van der Waals surface area contributed by atoms with E-state index in [9.17, 15) is 9.50 Å². The second-order valence-corrected chi connectivity index (χ2v) is 4.34. The third kappa shape index (κ3) is 3.43. The summed E-state index contributed by atoms with van der Waals surface area (Å²) < 4.78 is 14.0. The molecule has 0 fully saturated rings. The molecule has 96 valence electrons. The Labute approximate surface area is 103 Å². The van der Waals surface area contributed by atoms with Crippen molar-refractivity contribution >= 4 is 5.69 Å². The van der Waals surface area contributed by atoms with Crippen LogP contribution in [0.3, 0.4) is 0 Å². The predicted molar refractivity (Wildman–Crippen MR) is 69.8 cm³/mol. The number of rotatable bonds is 6. The first-order chi connectivity index (χ1) is 8.11. The molecule has 0 heterocycles. The Bertz CT molecular complexity index is 346. The molecule has 0 bridgehead atoms. The van der Waals surface area contributed by atoms with Crippen LogP contribution in [0.4, 0.5) is 10.1 Å². The summed E-state index contributed by atoms with van der Waals surface area (Å²) in [5, 5.41) is 9.72. The van der Waals surface area contributed by atoms with E-state index in [1.807, 2.05) is 4.90 Å². The minimum Gasteiger partial charge on any atom is -0.389 e. The minimum absolute atomic E-state index is 0.245. The lowest BCUT2D eigenvalue weighted by Gasteiger charge is -2.27. The van der Waals surface area contributed by atoms with E-state index in [0.29, 0.717) is 11.3 Å². The van der Waals surface area contributed by atoms with Crippen LogP contribution in [0.1, 0.15) is 45.3 Å². The number of anilines is 1. The van der Waals surface area contributed by atoms with Gasteiger partial charge in [-0.1, -0.05) is 26.0 Å². The molecule has 1 N–H and O–H groups in total. The molecule has 1 rings (SSSR count). The van der Waals surface area contributed by atoms with Crippen molar-refractivity contribution < 1.29 is 9.50 Å². The lowest BCUT2D eigenvalue weighted by Crippen LogP contribution is -2.27. The van der Waals surface area contributed by atoms with Gasteiger partial charge >= 0.3 is 0 Å². The average molecular weight is 239 g/mol. The molecule has 0 aliphatic heterocycles. The smallest absolute Gasteiger partial charge is 0.146 e. The van der Waals surface area contributed by atoms with Crippen LogP contribution in [0.25, 0.3) is 0 Å². The largest absolute Gasteiger partial charge is 0.389 e. The van der Waals surface area contributed by atoms with Crippen LogP contribution < -0.4 is 4.90 Å². The van der Waals surface area contributed by atoms with E-state index in [1.54, 1.807) is 19.1 Å². The minimum atomic E-state index is -0.642. The van der Waals surface area contributed by atoms with Gasteiger partial charge in [-0.25, -0.2) is 4.39 Å². The monoisotopic (exact) mass is 239 g/mol. The van der Waals surface area contributed by atoms with E-state index >= 15 is 0 Å². The van der Waals surface area contributed by atoms with Crippen LogP contribution in [0.2, 0.25) is 0 Å². The molecule has 0 spiro atoms. The van der Waals surface area contributed by atoms with E-state index in [0.717, 1.165) is 25.9 Å². The first-order valence-electron chi connectivity index (χ1n) is 6.33. The van der Waals surface area contributed by atoms with Crippen LogP contribution in [0.5, 0.6) is 0 Å². The van der Waals surface area contributed by atoms with Gasteiger partial charge in [0.2, 0.25) is 0 Å². The fourth-order valence-electron chi connectivity index (χ4n) is 2.08. The number of aliphatic hydroxyl groups excluding tert-OH is 1. The zero-order valence-electron chi connectivity index (χ0n) is 10.9. The molecule has 17 heavy (non-hydrogen) atoms. The molecular weight excluding hydrogens is 217 g/mol. The maximum atomic E-state index is 14.0. The van der Waals surface area contributed by atoms with Crippen LogP contribution in [-0.2, 0) is 0 Å². The Morgan fingerprint density at radius 2 is 1.82 bits per heavy atom. The number of benzene rings is 1. The maximum Gasteiger partial charge on any atom is 0.146 e. The zero-order chi connectivity index (χ0) is 12.8. The standard InChI is InChI=1S/C14H22FNO/c1-4-9-16(10-5-2)14-12(11(3)17)7-6-8-13(14)15/h6-8,11,17H,4-5,9-10H2,1-3H3. The summed E-state index contributed by atoms with van der Waals surface area (Å²) >= 11 is 0. The Morgan fingerprint density at radius 3 is 2.29 bits per heavy atom. The first kappa shape index (κ1) is 14.0. The fraction of sp³-hybridized carbons (Fsp3) is 0.571. The summed E-state index contributed by atoms with van der Waals surface area (Å²) in [6.45, 7) is 7.45. The predicted octanol–water partition coefficient (Wildman–Crippen LogP) is 3.51. The maximum absolute atomic E-state index is 14.0. The molecule has 0 aliphatic carbocycles. The van der Waals surface area contributed by atoms with E-state index in [2.05, 4.69) is 13.8 Å². The van der Waals surface area contributed by atoms with Crippen molar-refractivity contribution in [1.82, 2.24) is 0 Å². The highest BCUT2D eigenvalue weighted by molar-refractivity contribution is 5.55. The number of nitrogens with zero attached hydrogens (tertiary/aromatic N) is 1. The number of hydrogen-bond acceptors (Lipinski definition) is 2. The molecule has 3 heteroatoms. The lowest BCUT2D eigenvalue weighted by molar-refractivity contribution is 0.199.